The standard InChI is InChI=1S/C37H30BrP/c38-39(34-25-13-4-14-26-34,35-27-15-5-16-28-35,36-29-17-6-18-30-36)37(31-19-7-1-8-20-31,32-21-9-2-10-22-32)33-23-11-3-12-24-33/h1-30H. The van der Waals surface area contributed by atoms with E-state index in [1.54, 1.807) is 0 Å². The van der Waals surface area contributed by atoms with Gasteiger partial charge < -0.3 is 0 Å². The molecule has 0 N–H and O–H groups in total. The Morgan fingerprint density at radius 3 is 0.744 bits per heavy atom. The van der Waals surface area contributed by atoms with Crippen LogP contribution < -0.4 is 15.9 Å². The molecule has 0 heterocycles. The molecule has 0 nitrogen and oxygen atoms in total. The molecule has 0 atom stereocenters. The van der Waals surface area contributed by atoms with E-state index < -0.39 is 10.5 Å². The summed E-state index contributed by atoms with van der Waals surface area (Å²) in [5.74, 6) is 0. The van der Waals surface area contributed by atoms with Gasteiger partial charge in [-0.25, -0.2) is 0 Å². The van der Waals surface area contributed by atoms with E-state index in [0.29, 0.717) is 0 Å². The second kappa shape index (κ2) is 10.4. The molecule has 0 fully saturated rings. The van der Waals surface area contributed by atoms with E-state index in [-0.39, 0.29) is 0 Å². The van der Waals surface area contributed by atoms with Gasteiger partial charge in [0, 0.05) is 0 Å². The van der Waals surface area contributed by atoms with Crippen LogP contribution in [-0.2, 0) is 5.16 Å². The summed E-state index contributed by atoms with van der Waals surface area (Å²) in [6.45, 7) is 0. The molecule has 0 unspecified atom stereocenters. The summed E-state index contributed by atoms with van der Waals surface area (Å²) in [5.41, 5.74) is 3.73. The molecule has 6 rings (SSSR count). The molecule has 0 bridgehead atoms. The van der Waals surface area contributed by atoms with Gasteiger partial charge in [-0.15, -0.1) is 0 Å². The van der Waals surface area contributed by atoms with Gasteiger partial charge in [0.05, 0.1) is 0 Å². The minimum atomic E-state index is -3.66. The van der Waals surface area contributed by atoms with E-state index in [1.165, 1.54) is 32.6 Å². The summed E-state index contributed by atoms with van der Waals surface area (Å²) < 4.78 is 0. The zero-order chi connectivity index (χ0) is 26.6. The molecule has 2 heteroatoms. The van der Waals surface area contributed by atoms with E-state index in [4.69, 9.17) is 15.5 Å². The number of hydrogen-bond acceptors (Lipinski definition) is 0. The molecule has 39 heavy (non-hydrogen) atoms. The summed E-state index contributed by atoms with van der Waals surface area (Å²) >= 11 is 4.88. The van der Waals surface area contributed by atoms with Crippen LogP contribution in [0.25, 0.3) is 0 Å². The Bertz CT molecular complexity index is 1440. The molecule has 6 aromatic carbocycles. The Labute approximate surface area is 239 Å². The Morgan fingerprint density at radius 2 is 0.513 bits per heavy atom. The molecule has 0 spiro atoms. The third-order valence-electron chi connectivity index (χ3n) is 7.93. The molecule has 6 aromatic rings. The average Bonchev–Trinajstić information content (AvgIpc) is 3.04. The first kappa shape index (κ1) is 25.5. The molecule has 0 aliphatic rings. The predicted octanol–water partition coefficient (Wildman–Crippen LogP) is 8.82. The van der Waals surface area contributed by atoms with E-state index in [0.717, 1.165) is 0 Å². The van der Waals surface area contributed by atoms with Crippen LogP contribution in [0.5, 0.6) is 0 Å². The first-order chi connectivity index (χ1) is 19.2. The number of halogens is 1. The number of benzene rings is 6. The zero-order valence-corrected chi connectivity index (χ0v) is 24.1. The van der Waals surface area contributed by atoms with Gasteiger partial charge in [0.15, 0.2) is 0 Å². The average molecular weight is 586 g/mol. The summed E-state index contributed by atoms with van der Waals surface area (Å²) in [5, 5.41) is -0.447. The van der Waals surface area contributed by atoms with Crippen LogP contribution in [0.4, 0.5) is 0 Å². The van der Waals surface area contributed by atoms with Crippen LogP contribution in [0.2, 0.25) is 0 Å². The molecule has 0 amide bonds. The van der Waals surface area contributed by atoms with Crippen molar-refractivity contribution >= 4 is 36.7 Å². The van der Waals surface area contributed by atoms with Crippen LogP contribution >= 0.6 is 20.8 Å². The first-order valence-electron chi connectivity index (χ1n) is 13.3. The van der Waals surface area contributed by atoms with Gasteiger partial charge >= 0.3 is 241 Å². The Kier molecular flexibility index (Phi) is 6.81. The predicted molar refractivity (Wildman–Crippen MR) is 173 cm³/mol. The van der Waals surface area contributed by atoms with Crippen molar-refractivity contribution in [1.29, 1.82) is 0 Å². The van der Waals surface area contributed by atoms with Crippen LogP contribution in [0, 0.1) is 0 Å². The summed E-state index contributed by atoms with van der Waals surface area (Å²) in [6.07, 6.45) is 0. The second-order valence-corrected chi connectivity index (χ2v) is 18.3. The molecule has 0 aliphatic heterocycles. The monoisotopic (exact) mass is 584 g/mol. The van der Waals surface area contributed by atoms with Crippen molar-refractivity contribution in [2.45, 2.75) is 5.16 Å². The normalized spacial score (nSPS) is 12.8. The Morgan fingerprint density at radius 1 is 0.308 bits per heavy atom. The minimum absolute atomic E-state index is 0.612. The van der Waals surface area contributed by atoms with Gasteiger partial charge in [-0.3, -0.25) is 0 Å². The molecule has 0 aromatic heterocycles. The van der Waals surface area contributed by atoms with E-state index in [1.807, 2.05) is 0 Å². The van der Waals surface area contributed by atoms with Gasteiger partial charge in [0.25, 0.3) is 0 Å². The van der Waals surface area contributed by atoms with Crippen LogP contribution in [0.3, 0.4) is 0 Å². The fraction of sp³-hybridized carbons (Fsp3) is 0.0270. The maximum absolute atomic E-state index is 4.88. The van der Waals surface area contributed by atoms with Gasteiger partial charge in [0.1, 0.15) is 0 Å². The molecular weight excluding hydrogens is 555 g/mol. The van der Waals surface area contributed by atoms with Gasteiger partial charge in [-0.05, 0) is 0 Å². The summed E-state index contributed by atoms with van der Waals surface area (Å²) in [6, 6.07) is 66.5. The van der Waals surface area contributed by atoms with Crippen molar-refractivity contribution in [3.05, 3.63) is 199 Å². The Hall–Kier alpha value is -3.77. The first-order valence-corrected chi connectivity index (χ1v) is 17.5. The van der Waals surface area contributed by atoms with Gasteiger partial charge in [0.2, 0.25) is 0 Å². The van der Waals surface area contributed by atoms with E-state index in [9.17, 15) is 0 Å². The SMILES string of the molecule is BrP(c1ccccc1)(c1ccccc1)(c1ccccc1)C(c1ccccc1)(c1ccccc1)c1ccccc1. The topological polar surface area (TPSA) is 0 Å². The fourth-order valence-electron chi connectivity index (χ4n) is 6.42. The third-order valence-corrected chi connectivity index (χ3v) is 19.0. The van der Waals surface area contributed by atoms with Crippen LogP contribution in [0.15, 0.2) is 182 Å². The molecule has 0 saturated carbocycles. The van der Waals surface area contributed by atoms with Crippen molar-refractivity contribution in [1.82, 2.24) is 0 Å². The van der Waals surface area contributed by atoms with Crippen molar-refractivity contribution in [3.63, 3.8) is 0 Å². The quantitative estimate of drug-likeness (QED) is 0.130. The fourth-order valence-corrected chi connectivity index (χ4v) is 16.5. The number of rotatable bonds is 7. The second-order valence-electron chi connectivity index (χ2n) is 9.82. The van der Waals surface area contributed by atoms with Gasteiger partial charge in [-0.1, -0.05) is 0 Å². The number of hydrogen-bond donors (Lipinski definition) is 0. The van der Waals surface area contributed by atoms with Crippen LogP contribution in [0.1, 0.15) is 16.7 Å². The third kappa shape index (κ3) is 3.69. The van der Waals surface area contributed by atoms with Crippen molar-refractivity contribution in [2.75, 3.05) is 0 Å². The molecular formula is C37H30BrP. The molecule has 0 radical (unpaired) electrons. The summed E-state index contributed by atoms with van der Waals surface area (Å²) in [4.78, 5) is 0. The van der Waals surface area contributed by atoms with E-state index >= 15 is 0 Å². The zero-order valence-electron chi connectivity index (χ0n) is 21.6. The summed E-state index contributed by atoms with van der Waals surface area (Å²) in [7, 11) is 0. The van der Waals surface area contributed by atoms with Crippen molar-refractivity contribution in [2.24, 2.45) is 0 Å². The maximum atomic E-state index is 4.88. The van der Waals surface area contributed by atoms with Crippen LogP contribution in [-0.4, -0.2) is 0 Å². The Balaban J connectivity index is 1.99. The molecule has 190 valence electrons. The van der Waals surface area contributed by atoms with Gasteiger partial charge in [-0.2, -0.15) is 0 Å². The van der Waals surface area contributed by atoms with E-state index in [2.05, 4.69) is 182 Å². The van der Waals surface area contributed by atoms with Crippen molar-refractivity contribution in [3.8, 4) is 0 Å². The molecule has 0 aliphatic carbocycles. The molecule has 0 saturated heterocycles. The van der Waals surface area contributed by atoms with Crippen molar-refractivity contribution < 1.29 is 0 Å².